The minimum absolute atomic E-state index is 0.0942. The Balaban J connectivity index is 1.58. The zero-order chi connectivity index (χ0) is 18.4. The molecule has 3 heterocycles. The number of carbonyl (C=O) groups excluding carboxylic acids is 2. The first-order chi connectivity index (χ1) is 12.5. The van der Waals surface area contributed by atoms with Crippen LogP contribution < -0.4 is 11.2 Å². The van der Waals surface area contributed by atoms with Gasteiger partial charge in [-0.1, -0.05) is 5.16 Å². The standard InChI is InChI=1S/C14H15N3O8/c18-12(6-1-2-6)22-5-7-9-10(25-14(20)24-9)11(23-7)17-4-3-8(16-21)15-13(17)19/h3-4,6-7,9-11,21H,1-2,5H2,(H,15,16,19)/t7-,9-,10-,11-/m1/s1/i3D. The van der Waals surface area contributed by atoms with Crippen molar-refractivity contribution in [2.24, 2.45) is 11.1 Å². The van der Waals surface area contributed by atoms with Crippen LogP contribution in [0.2, 0.25) is 0 Å². The van der Waals surface area contributed by atoms with Crippen LogP contribution in [0.25, 0.3) is 0 Å². The molecule has 1 aromatic rings. The summed E-state index contributed by atoms with van der Waals surface area (Å²) in [7, 11) is 0. The number of aromatic amines is 1. The van der Waals surface area contributed by atoms with Gasteiger partial charge in [-0.25, -0.2) is 9.59 Å². The molecule has 0 unspecified atom stereocenters. The van der Waals surface area contributed by atoms with Gasteiger partial charge >= 0.3 is 17.8 Å². The summed E-state index contributed by atoms with van der Waals surface area (Å²) < 4.78 is 29.8. The maximum atomic E-state index is 12.2. The lowest BCUT2D eigenvalue weighted by Gasteiger charge is -2.18. The summed E-state index contributed by atoms with van der Waals surface area (Å²) in [5.74, 6) is -0.435. The molecule has 4 rings (SSSR count). The number of aromatic nitrogens is 2. The third-order valence-electron chi connectivity index (χ3n) is 4.23. The number of esters is 1. The normalized spacial score (nSPS) is 31.9. The van der Waals surface area contributed by atoms with Crippen molar-refractivity contribution in [2.75, 3.05) is 6.61 Å². The van der Waals surface area contributed by atoms with Crippen molar-refractivity contribution in [1.82, 2.24) is 9.55 Å². The van der Waals surface area contributed by atoms with Gasteiger partial charge < -0.3 is 24.2 Å². The van der Waals surface area contributed by atoms with E-state index >= 15 is 0 Å². The molecule has 2 aliphatic heterocycles. The van der Waals surface area contributed by atoms with Gasteiger partial charge in [-0.05, 0) is 12.8 Å². The summed E-state index contributed by atoms with van der Waals surface area (Å²) in [6.45, 7) is -0.153. The van der Waals surface area contributed by atoms with Crippen molar-refractivity contribution in [2.45, 2.75) is 37.4 Å². The van der Waals surface area contributed by atoms with Crippen molar-refractivity contribution < 1.29 is 35.1 Å². The number of hydrogen-bond acceptors (Lipinski definition) is 9. The van der Waals surface area contributed by atoms with Crippen LogP contribution in [-0.2, 0) is 23.7 Å². The molecule has 1 aliphatic carbocycles. The summed E-state index contributed by atoms with van der Waals surface area (Å²) in [6.07, 6.45) is -1.97. The molecule has 4 atom stereocenters. The number of hydrogen-bond donors (Lipinski definition) is 2. The first-order valence-electron chi connectivity index (χ1n) is 8.17. The van der Waals surface area contributed by atoms with E-state index in [-0.39, 0.29) is 30.0 Å². The summed E-state index contributed by atoms with van der Waals surface area (Å²) in [5.41, 5.74) is -1.06. The van der Waals surface area contributed by atoms with Crippen LogP contribution in [0.15, 0.2) is 22.2 Å². The largest absolute Gasteiger partial charge is 0.509 e. The molecular formula is C14H15N3O8. The van der Waals surface area contributed by atoms with Gasteiger partial charge in [0.1, 0.15) is 12.7 Å². The van der Waals surface area contributed by atoms with Crippen molar-refractivity contribution in [3.8, 4) is 0 Å². The molecule has 11 heteroatoms. The zero-order valence-electron chi connectivity index (χ0n) is 13.8. The molecule has 1 aromatic heterocycles. The topological polar surface area (TPSA) is 141 Å². The van der Waals surface area contributed by atoms with Crippen LogP contribution in [0.1, 0.15) is 20.4 Å². The van der Waals surface area contributed by atoms with Gasteiger partial charge in [0.05, 0.1) is 7.29 Å². The van der Waals surface area contributed by atoms with Crippen LogP contribution >= 0.6 is 0 Å². The first-order valence-corrected chi connectivity index (χ1v) is 7.67. The maximum absolute atomic E-state index is 12.2. The Kier molecular flexibility index (Phi) is 3.44. The number of carbonyl (C=O) groups is 2. The van der Waals surface area contributed by atoms with Gasteiger partial charge in [-0.15, -0.1) is 0 Å². The summed E-state index contributed by atoms with van der Waals surface area (Å²) in [4.78, 5) is 37.6. The molecule has 0 spiro atoms. The molecule has 1 saturated carbocycles. The van der Waals surface area contributed by atoms with Crippen molar-refractivity contribution in [3.63, 3.8) is 0 Å². The Morgan fingerprint density at radius 1 is 1.44 bits per heavy atom. The van der Waals surface area contributed by atoms with Crippen molar-refractivity contribution in [1.29, 1.82) is 0 Å². The quantitative estimate of drug-likeness (QED) is 0.407. The summed E-state index contributed by atoms with van der Waals surface area (Å²) >= 11 is 0. The second kappa shape index (κ2) is 5.92. The number of rotatable bonds is 4. The number of H-pyrrole nitrogens is 1. The lowest BCUT2D eigenvalue weighted by Crippen LogP contribution is -2.36. The van der Waals surface area contributed by atoms with Gasteiger partial charge in [0.25, 0.3) is 0 Å². The zero-order valence-corrected chi connectivity index (χ0v) is 12.8. The fraction of sp³-hybridized carbons (Fsp3) is 0.571. The van der Waals surface area contributed by atoms with E-state index in [1.54, 1.807) is 0 Å². The number of nitrogens with one attached hydrogen (secondary N) is 1. The van der Waals surface area contributed by atoms with E-state index in [9.17, 15) is 14.4 Å². The second-order valence-electron chi connectivity index (χ2n) is 5.94. The Labute approximate surface area is 141 Å². The predicted molar refractivity (Wildman–Crippen MR) is 75.1 cm³/mol. The molecule has 0 amide bonds. The highest BCUT2D eigenvalue weighted by atomic mass is 16.8. The molecule has 2 N–H and O–H groups in total. The molecule has 25 heavy (non-hydrogen) atoms. The maximum Gasteiger partial charge on any atom is 0.509 e. The molecule has 134 valence electrons. The van der Waals surface area contributed by atoms with Gasteiger partial charge in [0.2, 0.25) is 0 Å². The fourth-order valence-corrected chi connectivity index (χ4v) is 2.82. The minimum Gasteiger partial charge on any atom is -0.463 e. The second-order valence-corrected chi connectivity index (χ2v) is 5.94. The summed E-state index contributed by atoms with van der Waals surface area (Å²) in [5, 5.41) is 11.6. The molecular weight excluding hydrogens is 338 g/mol. The van der Waals surface area contributed by atoms with Gasteiger partial charge in [-0.2, -0.15) is 0 Å². The predicted octanol–water partition coefficient (Wildman–Crippen LogP) is -0.779. The van der Waals surface area contributed by atoms with Crippen LogP contribution in [0.5, 0.6) is 0 Å². The first kappa shape index (κ1) is 14.5. The van der Waals surface area contributed by atoms with Crippen LogP contribution in [0.4, 0.5) is 4.79 Å². The number of ether oxygens (including phenoxy) is 4. The number of fused-ring (bicyclic) bond motifs is 1. The van der Waals surface area contributed by atoms with Crippen LogP contribution in [0.3, 0.4) is 0 Å². The average molecular weight is 354 g/mol. The van der Waals surface area contributed by atoms with E-state index in [2.05, 4.69) is 10.1 Å². The van der Waals surface area contributed by atoms with E-state index in [4.69, 9.17) is 25.5 Å². The van der Waals surface area contributed by atoms with Crippen LogP contribution in [0, 0.1) is 5.92 Å². The van der Waals surface area contributed by atoms with Crippen LogP contribution in [-0.4, -0.2) is 51.8 Å². The van der Waals surface area contributed by atoms with E-state index in [1.807, 2.05) is 0 Å². The highest BCUT2D eigenvalue weighted by Crippen LogP contribution is 2.37. The third kappa shape index (κ3) is 2.86. The molecule has 0 aromatic carbocycles. The number of nitrogens with zero attached hydrogens (tertiary/aromatic N) is 2. The molecule has 3 aliphatic rings. The van der Waals surface area contributed by atoms with Crippen molar-refractivity contribution in [3.05, 3.63) is 28.2 Å². The Morgan fingerprint density at radius 3 is 2.92 bits per heavy atom. The van der Waals surface area contributed by atoms with E-state index in [0.29, 0.717) is 0 Å². The van der Waals surface area contributed by atoms with Gasteiger partial charge in [0.15, 0.2) is 23.9 Å². The Morgan fingerprint density at radius 2 is 2.20 bits per heavy atom. The highest BCUT2D eigenvalue weighted by molar-refractivity contribution is 5.74. The minimum atomic E-state index is -1.09. The summed E-state index contributed by atoms with van der Waals surface area (Å²) in [6, 6.07) is -0.277. The molecule has 0 radical (unpaired) electrons. The van der Waals surface area contributed by atoms with E-state index < -0.39 is 36.4 Å². The monoisotopic (exact) mass is 354 g/mol. The van der Waals surface area contributed by atoms with Gasteiger partial charge in [-0.3, -0.25) is 14.3 Å². The van der Waals surface area contributed by atoms with Crippen molar-refractivity contribution >= 4 is 12.1 Å². The average Bonchev–Trinajstić information content (AvgIpc) is 3.32. The molecule has 11 nitrogen and oxygen atoms in total. The lowest BCUT2D eigenvalue weighted by molar-refractivity contribution is -0.152. The highest BCUT2D eigenvalue weighted by Gasteiger charge is 2.55. The Hall–Kier alpha value is -2.82. The van der Waals surface area contributed by atoms with E-state index in [0.717, 1.165) is 23.6 Å². The smallest absolute Gasteiger partial charge is 0.463 e. The fourth-order valence-electron chi connectivity index (χ4n) is 2.82. The lowest BCUT2D eigenvalue weighted by atomic mass is 10.1. The Bertz CT molecular complexity index is 876. The molecule has 0 bridgehead atoms. The van der Waals surface area contributed by atoms with E-state index in [1.165, 1.54) is 0 Å². The molecule has 2 saturated heterocycles. The van der Waals surface area contributed by atoms with Gasteiger partial charge in [0, 0.05) is 12.2 Å². The molecule has 3 fully saturated rings. The SMILES string of the molecule is [2H]c1cn([C@@H]2O[C@H](COC(=O)C3CC3)[C@H]3OC(=O)O[C@H]32)c(=O)[nH]/c1=N\O. The third-order valence-corrected chi connectivity index (χ3v) is 4.23.